The van der Waals surface area contributed by atoms with E-state index in [9.17, 15) is 9.50 Å². The van der Waals surface area contributed by atoms with Crippen molar-refractivity contribution in [3.63, 3.8) is 0 Å². The molecule has 1 aromatic carbocycles. The zero-order chi connectivity index (χ0) is 15.6. The lowest BCUT2D eigenvalue weighted by molar-refractivity contribution is 0.0274. The molecule has 1 aromatic heterocycles. The Hall–Kier alpha value is -2.30. The number of nitriles is 1. The minimum Gasteiger partial charge on any atom is -0.387 e. The first-order chi connectivity index (χ1) is 10.6. The Morgan fingerprint density at radius 2 is 2.32 bits per heavy atom. The Balaban J connectivity index is 1.67. The van der Waals surface area contributed by atoms with Crippen LogP contribution in [-0.4, -0.2) is 43.7 Å². The van der Waals surface area contributed by atoms with Crippen LogP contribution in [0.5, 0.6) is 0 Å². The van der Waals surface area contributed by atoms with Crippen molar-refractivity contribution in [1.29, 1.82) is 5.26 Å². The Morgan fingerprint density at radius 3 is 3.05 bits per heavy atom. The molecule has 0 spiro atoms. The third-order valence-electron chi connectivity index (χ3n) is 3.93. The molecule has 1 unspecified atom stereocenters. The van der Waals surface area contributed by atoms with Crippen LogP contribution in [0.25, 0.3) is 0 Å². The first-order valence-corrected chi connectivity index (χ1v) is 7.05. The molecule has 0 bridgehead atoms. The zero-order valence-corrected chi connectivity index (χ0v) is 12.0. The van der Waals surface area contributed by atoms with Gasteiger partial charge in [-0.1, -0.05) is 11.3 Å². The fraction of sp³-hybridized carbons (Fsp3) is 0.400. The molecule has 1 aliphatic heterocycles. The molecular weight excluding hydrogens is 285 g/mol. The van der Waals surface area contributed by atoms with Crippen LogP contribution in [0.2, 0.25) is 0 Å². The van der Waals surface area contributed by atoms with Crippen molar-refractivity contribution >= 4 is 0 Å². The van der Waals surface area contributed by atoms with Crippen LogP contribution in [0.3, 0.4) is 0 Å². The van der Waals surface area contributed by atoms with Gasteiger partial charge in [0, 0.05) is 25.8 Å². The fourth-order valence-electron chi connectivity index (χ4n) is 2.85. The predicted octanol–water partition coefficient (Wildman–Crippen LogP) is 0.926. The summed E-state index contributed by atoms with van der Waals surface area (Å²) in [5.41, 5.74) is 0.251. The van der Waals surface area contributed by atoms with Gasteiger partial charge in [-0.3, -0.25) is 4.90 Å². The maximum atomic E-state index is 13.2. The molecule has 7 heteroatoms. The summed E-state index contributed by atoms with van der Waals surface area (Å²) in [7, 11) is 0. The number of aliphatic hydroxyl groups is 1. The van der Waals surface area contributed by atoms with E-state index in [1.165, 1.54) is 12.1 Å². The van der Waals surface area contributed by atoms with E-state index in [0.29, 0.717) is 38.2 Å². The van der Waals surface area contributed by atoms with Crippen LogP contribution in [-0.2, 0) is 13.1 Å². The number of likely N-dealkylation sites (tertiary alicyclic amines) is 1. The average molecular weight is 301 g/mol. The van der Waals surface area contributed by atoms with E-state index in [2.05, 4.69) is 15.2 Å². The Bertz CT molecular complexity index is 696. The molecule has 0 aliphatic carbocycles. The molecule has 1 fully saturated rings. The first kappa shape index (κ1) is 14.6. The summed E-state index contributed by atoms with van der Waals surface area (Å²) in [5, 5.41) is 27.3. The minimum atomic E-state index is -0.861. The lowest BCUT2D eigenvalue weighted by Gasteiger charge is -2.23. The fourth-order valence-corrected chi connectivity index (χ4v) is 2.85. The smallest absolute Gasteiger partial charge is 0.124 e. The number of hydrogen-bond donors (Lipinski definition) is 1. The molecule has 0 radical (unpaired) electrons. The van der Waals surface area contributed by atoms with Crippen molar-refractivity contribution in [2.24, 2.45) is 0 Å². The van der Waals surface area contributed by atoms with E-state index < -0.39 is 11.4 Å². The molecule has 1 aliphatic rings. The maximum absolute atomic E-state index is 13.2. The number of halogens is 1. The quantitative estimate of drug-likeness (QED) is 0.909. The lowest BCUT2D eigenvalue weighted by atomic mass is 10.0. The second-order valence-electron chi connectivity index (χ2n) is 5.70. The highest BCUT2D eigenvalue weighted by Gasteiger charge is 2.36. The van der Waals surface area contributed by atoms with Crippen LogP contribution >= 0.6 is 0 Å². The molecule has 0 amide bonds. The van der Waals surface area contributed by atoms with Gasteiger partial charge >= 0.3 is 0 Å². The molecule has 6 nitrogen and oxygen atoms in total. The van der Waals surface area contributed by atoms with Crippen LogP contribution < -0.4 is 0 Å². The highest BCUT2D eigenvalue weighted by Crippen LogP contribution is 2.25. The molecule has 0 saturated carbocycles. The Labute approximate surface area is 127 Å². The van der Waals surface area contributed by atoms with E-state index in [0.717, 1.165) is 5.56 Å². The van der Waals surface area contributed by atoms with Gasteiger partial charge in [0.2, 0.25) is 0 Å². The molecule has 2 heterocycles. The van der Waals surface area contributed by atoms with Crippen LogP contribution in [0.4, 0.5) is 4.39 Å². The number of aromatic nitrogens is 3. The molecule has 22 heavy (non-hydrogen) atoms. The van der Waals surface area contributed by atoms with Crippen molar-refractivity contribution in [1.82, 2.24) is 19.9 Å². The summed E-state index contributed by atoms with van der Waals surface area (Å²) in [6.07, 6.45) is 3.91. The molecule has 2 aromatic rings. The molecule has 1 atom stereocenters. The summed E-state index contributed by atoms with van der Waals surface area (Å²) in [6, 6.07) is 6.24. The van der Waals surface area contributed by atoms with Crippen molar-refractivity contribution in [2.45, 2.75) is 25.1 Å². The van der Waals surface area contributed by atoms with E-state index >= 15 is 0 Å². The normalized spacial score (nSPS) is 21.9. The van der Waals surface area contributed by atoms with E-state index in [1.807, 2.05) is 6.07 Å². The number of rotatable bonds is 4. The van der Waals surface area contributed by atoms with Gasteiger partial charge in [-0.2, -0.15) is 5.26 Å². The van der Waals surface area contributed by atoms with Gasteiger partial charge in [0.25, 0.3) is 0 Å². The monoisotopic (exact) mass is 301 g/mol. The van der Waals surface area contributed by atoms with Gasteiger partial charge in [0.05, 0.1) is 30.0 Å². The van der Waals surface area contributed by atoms with E-state index in [-0.39, 0.29) is 0 Å². The van der Waals surface area contributed by atoms with Gasteiger partial charge in [0.1, 0.15) is 5.82 Å². The zero-order valence-electron chi connectivity index (χ0n) is 12.0. The third kappa shape index (κ3) is 3.13. The average Bonchev–Trinajstić information content (AvgIpc) is 3.11. The second kappa shape index (κ2) is 5.83. The largest absolute Gasteiger partial charge is 0.387 e. The van der Waals surface area contributed by atoms with Gasteiger partial charge in [-0.05, 0) is 24.1 Å². The summed E-state index contributed by atoms with van der Waals surface area (Å²) in [6.45, 7) is 2.10. The first-order valence-electron chi connectivity index (χ1n) is 7.05. The molecule has 1 N–H and O–H groups in total. The van der Waals surface area contributed by atoms with Gasteiger partial charge < -0.3 is 5.11 Å². The second-order valence-corrected chi connectivity index (χ2v) is 5.70. The van der Waals surface area contributed by atoms with Crippen LogP contribution in [0.1, 0.15) is 17.5 Å². The summed E-state index contributed by atoms with van der Waals surface area (Å²) < 4.78 is 14.8. The highest BCUT2D eigenvalue weighted by molar-refractivity contribution is 5.37. The SMILES string of the molecule is N#Cc1cc(F)ccc1CN1CCC(O)(Cn2ccnn2)C1. The topological polar surface area (TPSA) is 78.0 Å². The summed E-state index contributed by atoms with van der Waals surface area (Å²) in [4.78, 5) is 2.06. The van der Waals surface area contributed by atoms with Gasteiger partial charge in [-0.15, -0.1) is 5.10 Å². The van der Waals surface area contributed by atoms with Crippen LogP contribution in [0, 0.1) is 17.1 Å². The molecular formula is C15H16FN5O. The molecule has 3 rings (SSSR count). The maximum Gasteiger partial charge on any atom is 0.124 e. The van der Waals surface area contributed by atoms with Crippen LogP contribution in [0.15, 0.2) is 30.6 Å². The third-order valence-corrected chi connectivity index (χ3v) is 3.93. The Morgan fingerprint density at radius 1 is 1.45 bits per heavy atom. The number of nitrogens with zero attached hydrogens (tertiary/aromatic N) is 5. The predicted molar refractivity (Wildman–Crippen MR) is 76.0 cm³/mol. The van der Waals surface area contributed by atoms with Crippen molar-refractivity contribution in [3.8, 4) is 6.07 Å². The Kier molecular flexibility index (Phi) is 3.88. The summed E-state index contributed by atoms with van der Waals surface area (Å²) in [5.74, 6) is -0.413. The lowest BCUT2D eigenvalue weighted by Crippen LogP contribution is -2.37. The van der Waals surface area contributed by atoms with E-state index in [1.54, 1.807) is 23.1 Å². The number of hydrogen-bond acceptors (Lipinski definition) is 5. The molecule has 114 valence electrons. The number of β-amino-alcohol motifs (C(OH)–C–C–N with tert-alkyl or cyclic N) is 1. The number of benzene rings is 1. The minimum absolute atomic E-state index is 0.340. The van der Waals surface area contributed by atoms with E-state index in [4.69, 9.17) is 5.26 Å². The molecule has 1 saturated heterocycles. The van der Waals surface area contributed by atoms with Gasteiger partial charge in [0.15, 0.2) is 0 Å². The summed E-state index contributed by atoms with van der Waals surface area (Å²) >= 11 is 0. The van der Waals surface area contributed by atoms with Crippen molar-refractivity contribution in [3.05, 3.63) is 47.5 Å². The van der Waals surface area contributed by atoms with Crippen molar-refractivity contribution < 1.29 is 9.50 Å². The highest BCUT2D eigenvalue weighted by atomic mass is 19.1. The standard InChI is InChI=1S/C15H16FN5O/c16-14-2-1-12(13(7-14)8-17)9-20-5-3-15(22,10-20)11-21-6-4-18-19-21/h1-2,4,6-7,22H,3,5,9-11H2. The van der Waals surface area contributed by atoms with Gasteiger partial charge in [-0.25, -0.2) is 9.07 Å². The van der Waals surface area contributed by atoms with Crippen molar-refractivity contribution in [2.75, 3.05) is 13.1 Å².